The number of hydrogen-bond donors (Lipinski definition) is 1. The Hall–Kier alpha value is -0.930. The number of aliphatic hydroxyl groups excluding tert-OH is 1. The Morgan fingerprint density at radius 3 is 3.08 bits per heavy atom. The highest BCUT2D eigenvalue weighted by Crippen LogP contribution is 2.33. The van der Waals surface area contributed by atoms with Crippen molar-refractivity contribution in [2.75, 3.05) is 13.2 Å². The maximum atomic E-state index is 8.85. The molecule has 70 valence electrons. The van der Waals surface area contributed by atoms with Gasteiger partial charge in [0, 0.05) is 11.1 Å². The fourth-order valence-corrected chi connectivity index (χ4v) is 1.34. The van der Waals surface area contributed by atoms with Crippen LogP contribution in [0.25, 0.3) is 0 Å². The molecule has 0 aliphatic carbocycles. The van der Waals surface area contributed by atoms with Crippen LogP contribution in [0.4, 0.5) is 0 Å². The number of aliphatic hydroxyl groups is 1. The van der Waals surface area contributed by atoms with Crippen LogP contribution in [-0.4, -0.2) is 24.4 Å². The molecule has 0 saturated heterocycles. The van der Waals surface area contributed by atoms with Crippen molar-refractivity contribution in [2.45, 2.75) is 6.10 Å². The average molecular weight is 201 g/mol. The summed E-state index contributed by atoms with van der Waals surface area (Å²) in [4.78, 5) is 0. The van der Waals surface area contributed by atoms with Crippen LogP contribution in [0.1, 0.15) is 0 Å². The molecule has 1 aromatic carbocycles. The molecule has 1 atom stereocenters. The van der Waals surface area contributed by atoms with Crippen molar-refractivity contribution in [3.63, 3.8) is 0 Å². The van der Waals surface area contributed by atoms with E-state index < -0.39 is 0 Å². The van der Waals surface area contributed by atoms with Gasteiger partial charge >= 0.3 is 0 Å². The normalized spacial score (nSPS) is 20.0. The van der Waals surface area contributed by atoms with Crippen molar-refractivity contribution >= 4 is 11.6 Å². The molecule has 13 heavy (non-hydrogen) atoms. The van der Waals surface area contributed by atoms with E-state index in [4.69, 9.17) is 26.2 Å². The summed E-state index contributed by atoms with van der Waals surface area (Å²) in [6, 6.07) is 5.17. The van der Waals surface area contributed by atoms with Crippen LogP contribution in [0.15, 0.2) is 18.2 Å². The fraction of sp³-hybridized carbons (Fsp3) is 0.333. The standard InChI is InChI=1S/C9H9ClO3/c10-6-1-2-8-9(3-6)13-7(4-11)5-12-8/h1-3,7,11H,4-5H2/t7-/m0/s1. The first kappa shape index (κ1) is 8.66. The van der Waals surface area contributed by atoms with Gasteiger partial charge in [-0.25, -0.2) is 0 Å². The fourth-order valence-electron chi connectivity index (χ4n) is 1.18. The van der Waals surface area contributed by atoms with Gasteiger partial charge in [-0.1, -0.05) is 11.6 Å². The highest BCUT2D eigenvalue weighted by atomic mass is 35.5. The number of halogens is 1. The summed E-state index contributed by atoms with van der Waals surface area (Å²) in [5.74, 6) is 1.27. The number of benzene rings is 1. The largest absolute Gasteiger partial charge is 0.486 e. The van der Waals surface area contributed by atoms with Crippen LogP contribution in [0, 0.1) is 0 Å². The van der Waals surface area contributed by atoms with Gasteiger partial charge in [0.15, 0.2) is 17.6 Å². The molecule has 0 spiro atoms. The third-order valence-electron chi connectivity index (χ3n) is 1.83. The van der Waals surface area contributed by atoms with E-state index in [9.17, 15) is 0 Å². The Labute approximate surface area is 80.8 Å². The molecule has 3 nitrogen and oxygen atoms in total. The van der Waals surface area contributed by atoms with Gasteiger partial charge in [-0.15, -0.1) is 0 Å². The Kier molecular flexibility index (Phi) is 2.29. The summed E-state index contributed by atoms with van der Waals surface area (Å²) in [5.41, 5.74) is 0. The summed E-state index contributed by atoms with van der Waals surface area (Å²) >= 11 is 5.77. The van der Waals surface area contributed by atoms with E-state index in [1.54, 1.807) is 18.2 Å². The number of hydrogen-bond acceptors (Lipinski definition) is 3. The highest BCUT2D eigenvalue weighted by molar-refractivity contribution is 6.30. The Balaban J connectivity index is 2.27. The smallest absolute Gasteiger partial charge is 0.163 e. The first-order valence-corrected chi connectivity index (χ1v) is 4.37. The lowest BCUT2D eigenvalue weighted by Crippen LogP contribution is -2.32. The zero-order valence-corrected chi connectivity index (χ0v) is 7.62. The molecule has 0 fully saturated rings. The summed E-state index contributed by atoms with van der Waals surface area (Å²) in [6.45, 7) is 0.330. The lowest BCUT2D eigenvalue weighted by Gasteiger charge is -2.25. The van der Waals surface area contributed by atoms with Gasteiger partial charge in [0.05, 0.1) is 6.61 Å². The molecule has 1 N–H and O–H groups in total. The van der Waals surface area contributed by atoms with Crippen LogP contribution in [0.2, 0.25) is 5.02 Å². The van der Waals surface area contributed by atoms with E-state index in [-0.39, 0.29) is 12.7 Å². The van der Waals surface area contributed by atoms with Crippen molar-refractivity contribution in [1.29, 1.82) is 0 Å². The minimum atomic E-state index is -0.286. The Morgan fingerprint density at radius 2 is 2.31 bits per heavy atom. The van der Waals surface area contributed by atoms with Crippen LogP contribution in [0.3, 0.4) is 0 Å². The maximum absolute atomic E-state index is 8.85. The van der Waals surface area contributed by atoms with Gasteiger partial charge in [0.2, 0.25) is 0 Å². The van der Waals surface area contributed by atoms with Crippen molar-refractivity contribution in [2.24, 2.45) is 0 Å². The second kappa shape index (κ2) is 3.44. The molecule has 1 heterocycles. The average Bonchev–Trinajstić information content (AvgIpc) is 2.16. The molecule has 0 radical (unpaired) electrons. The molecule has 0 amide bonds. The molecule has 2 rings (SSSR count). The van der Waals surface area contributed by atoms with Crippen LogP contribution < -0.4 is 9.47 Å². The van der Waals surface area contributed by atoms with Gasteiger partial charge in [-0.05, 0) is 12.1 Å². The van der Waals surface area contributed by atoms with Gasteiger partial charge < -0.3 is 14.6 Å². The molecule has 1 aliphatic rings. The third-order valence-corrected chi connectivity index (χ3v) is 2.06. The Bertz CT molecular complexity index is 314. The minimum Gasteiger partial charge on any atom is -0.486 e. The lowest BCUT2D eigenvalue weighted by molar-refractivity contribution is 0.0456. The maximum Gasteiger partial charge on any atom is 0.163 e. The van der Waals surface area contributed by atoms with E-state index in [0.717, 1.165) is 0 Å². The summed E-state index contributed by atoms with van der Waals surface area (Å²) in [7, 11) is 0. The molecular weight excluding hydrogens is 192 g/mol. The monoisotopic (exact) mass is 200 g/mol. The van der Waals surface area contributed by atoms with E-state index in [0.29, 0.717) is 23.1 Å². The van der Waals surface area contributed by atoms with Gasteiger partial charge in [-0.3, -0.25) is 0 Å². The summed E-state index contributed by atoms with van der Waals surface area (Å²) in [5, 5.41) is 9.45. The number of fused-ring (bicyclic) bond motifs is 1. The van der Waals surface area contributed by atoms with Crippen LogP contribution in [0.5, 0.6) is 11.5 Å². The highest BCUT2D eigenvalue weighted by Gasteiger charge is 2.19. The molecule has 0 saturated carbocycles. The van der Waals surface area contributed by atoms with Crippen LogP contribution in [-0.2, 0) is 0 Å². The van der Waals surface area contributed by atoms with Gasteiger partial charge in [0.25, 0.3) is 0 Å². The third kappa shape index (κ3) is 1.71. The van der Waals surface area contributed by atoms with Crippen molar-refractivity contribution < 1.29 is 14.6 Å². The quantitative estimate of drug-likeness (QED) is 0.746. The predicted octanol–water partition coefficient (Wildman–Crippen LogP) is 1.47. The molecular formula is C9H9ClO3. The topological polar surface area (TPSA) is 38.7 Å². The molecule has 1 aromatic rings. The van der Waals surface area contributed by atoms with Crippen molar-refractivity contribution in [3.8, 4) is 11.5 Å². The molecule has 4 heteroatoms. The lowest BCUT2D eigenvalue weighted by atomic mass is 10.3. The zero-order chi connectivity index (χ0) is 9.26. The van der Waals surface area contributed by atoms with E-state index in [1.807, 2.05) is 0 Å². The first-order chi connectivity index (χ1) is 6.29. The SMILES string of the molecule is OC[C@H]1COc2ccc(Cl)cc2O1. The van der Waals surface area contributed by atoms with Gasteiger partial charge in [-0.2, -0.15) is 0 Å². The van der Waals surface area contributed by atoms with Gasteiger partial charge in [0.1, 0.15) is 6.61 Å². The second-order valence-electron chi connectivity index (χ2n) is 2.82. The van der Waals surface area contributed by atoms with Crippen molar-refractivity contribution in [3.05, 3.63) is 23.2 Å². The zero-order valence-electron chi connectivity index (χ0n) is 6.87. The second-order valence-corrected chi connectivity index (χ2v) is 3.26. The van der Waals surface area contributed by atoms with E-state index in [1.165, 1.54) is 0 Å². The molecule has 0 bridgehead atoms. The van der Waals surface area contributed by atoms with Crippen LogP contribution >= 0.6 is 11.6 Å². The van der Waals surface area contributed by atoms with Crippen molar-refractivity contribution in [1.82, 2.24) is 0 Å². The summed E-state index contributed by atoms with van der Waals surface area (Å²) in [6.07, 6.45) is -0.286. The van der Waals surface area contributed by atoms with E-state index >= 15 is 0 Å². The molecule has 0 unspecified atom stereocenters. The first-order valence-electron chi connectivity index (χ1n) is 3.99. The molecule has 0 aromatic heterocycles. The molecule has 1 aliphatic heterocycles. The Morgan fingerprint density at radius 1 is 1.46 bits per heavy atom. The number of ether oxygens (including phenoxy) is 2. The summed E-state index contributed by atoms with van der Waals surface area (Å²) < 4.78 is 10.7. The predicted molar refractivity (Wildman–Crippen MR) is 48.4 cm³/mol. The minimum absolute atomic E-state index is 0.0496. The number of rotatable bonds is 1. The van der Waals surface area contributed by atoms with E-state index in [2.05, 4.69) is 0 Å².